The predicted octanol–water partition coefficient (Wildman–Crippen LogP) is 3.64. The molecule has 2 rings (SSSR count). The Morgan fingerprint density at radius 1 is 0.889 bits per heavy atom. The summed E-state index contributed by atoms with van der Waals surface area (Å²) >= 11 is 0. The third-order valence-electron chi connectivity index (χ3n) is 2.78. The number of hydrogen-bond donors (Lipinski definition) is 1. The summed E-state index contributed by atoms with van der Waals surface area (Å²) in [4.78, 5) is 0. The summed E-state index contributed by atoms with van der Waals surface area (Å²) in [6.45, 7) is 0.744. The monoisotopic (exact) mass is 257 g/mol. The third kappa shape index (κ3) is 4.06. The zero-order valence-electron chi connectivity index (χ0n) is 10.1. The van der Waals surface area contributed by atoms with Crippen LogP contribution in [0.25, 0.3) is 0 Å². The molecule has 0 bridgehead atoms. The molecule has 92 valence electrons. The van der Waals surface area contributed by atoms with Crippen LogP contribution in [0.3, 0.4) is 0 Å². The fourth-order valence-corrected chi connectivity index (χ4v) is 2.27. The molecule has 1 N–H and O–H groups in total. The summed E-state index contributed by atoms with van der Waals surface area (Å²) in [5.41, 5.74) is 2.41. The number of hydrogen-bond acceptors (Lipinski definition) is 2. The van der Waals surface area contributed by atoms with Gasteiger partial charge >= 0.3 is 0 Å². The highest BCUT2D eigenvalue weighted by atomic mass is 31.1. The second-order valence-electron chi connectivity index (χ2n) is 4.18. The highest BCUT2D eigenvalue weighted by Crippen LogP contribution is 2.12. The number of rotatable bonds is 6. The fourth-order valence-electron chi connectivity index (χ4n) is 1.82. The van der Waals surface area contributed by atoms with Crippen molar-refractivity contribution in [3.05, 3.63) is 71.8 Å². The Morgan fingerprint density at radius 2 is 1.44 bits per heavy atom. The van der Waals surface area contributed by atoms with E-state index in [0.717, 1.165) is 13.0 Å². The van der Waals surface area contributed by atoms with Crippen molar-refractivity contribution < 1.29 is 4.57 Å². The van der Waals surface area contributed by atoms with Crippen LogP contribution in [-0.4, -0.2) is 5.78 Å². The number of nitrogens with one attached hydrogen (secondary N) is 1. The largest absolute Gasteiger partial charge is 0.300 e. The van der Waals surface area contributed by atoms with Crippen molar-refractivity contribution in [2.75, 3.05) is 0 Å². The first-order chi connectivity index (χ1) is 8.88. The molecule has 0 spiro atoms. The van der Waals surface area contributed by atoms with Gasteiger partial charge in [-0.25, -0.2) is 0 Å². The van der Waals surface area contributed by atoms with Crippen LogP contribution >= 0.6 is 8.46 Å². The lowest BCUT2D eigenvalue weighted by Crippen LogP contribution is -2.25. The molecule has 2 aromatic rings. The zero-order valence-corrected chi connectivity index (χ0v) is 11.0. The van der Waals surface area contributed by atoms with Gasteiger partial charge in [-0.1, -0.05) is 60.7 Å². The van der Waals surface area contributed by atoms with E-state index in [4.69, 9.17) is 0 Å². The topological polar surface area (TPSA) is 29.1 Å². The molecule has 2 nitrogen and oxygen atoms in total. The minimum atomic E-state index is -0.0346. The highest BCUT2D eigenvalue weighted by Gasteiger charge is 2.08. The van der Waals surface area contributed by atoms with Gasteiger partial charge in [0.15, 0.2) is 8.46 Å². The molecule has 0 aliphatic carbocycles. The summed E-state index contributed by atoms with van der Waals surface area (Å²) in [5, 5.41) is 3.31. The Morgan fingerprint density at radius 3 is 2.00 bits per heavy atom. The first-order valence-corrected chi connectivity index (χ1v) is 6.90. The molecule has 3 heteroatoms. The molecule has 0 saturated carbocycles. The zero-order chi connectivity index (χ0) is 12.6. The lowest BCUT2D eigenvalue weighted by molar-refractivity contribution is 0.565. The summed E-state index contributed by atoms with van der Waals surface area (Å²) in [7, 11) is 0.144. The van der Waals surface area contributed by atoms with E-state index in [0.29, 0.717) is 0 Å². The second kappa shape index (κ2) is 7.05. The molecule has 1 atom stereocenters. The molecule has 1 unspecified atom stereocenters. The van der Waals surface area contributed by atoms with Crippen LogP contribution in [0.2, 0.25) is 0 Å². The van der Waals surface area contributed by atoms with Crippen molar-refractivity contribution >= 4 is 8.46 Å². The molecule has 18 heavy (non-hydrogen) atoms. The van der Waals surface area contributed by atoms with Crippen molar-refractivity contribution in [1.82, 2.24) is 5.32 Å². The minimum Gasteiger partial charge on any atom is -0.300 e. The molecule has 0 aliphatic heterocycles. The lowest BCUT2D eigenvalue weighted by Gasteiger charge is -2.11. The Balaban J connectivity index is 1.88. The van der Waals surface area contributed by atoms with Crippen LogP contribution in [0.5, 0.6) is 0 Å². The summed E-state index contributed by atoms with van der Waals surface area (Å²) in [6.07, 6.45) is 0.777. The van der Waals surface area contributed by atoms with Crippen molar-refractivity contribution in [3.8, 4) is 0 Å². The highest BCUT2D eigenvalue weighted by molar-refractivity contribution is 7.24. The van der Waals surface area contributed by atoms with Crippen molar-refractivity contribution in [2.45, 2.75) is 18.7 Å². The van der Waals surface area contributed by atoms with Crippen molar-refractivity contribution in [3.63, 3.8) is 0 Å². The molecular formula is C15H16NOP. The molecular weight excluding hydrogens is 241 g/mol. The fraction of sp³-hybridized carbons (Fsp3) is 0.200. The van der Waals surface area contributed by atoms with E-state index < -0.39 is 0 Å². The van der Waals surface area contributed by atoms with Gasteiger partial charge in [0.1, 0.15) is 0 Å². The van der Waals surface area contributed by atoms with Crippen LogP contribution in [0.1, 0.15) is 11.1 Å². The Labute approximate surface area is 109 Å². The van der Waals surface area contributed by atoms with Crippen molar-refractivity contribution in [2.24, 2.45) is 0 Å². The molecule has 0 fully saturated rings. The molecule has 2 aromatic carbocycles. The van der Waals surface area contributed by atoms with E-state index in [1.54, 1.807) is 0 Å². The van der Waals surface area contributed by atoms with Gasteiger partial charge in [0, 0.05) is 6.54 Å². The van der Waals surface area contributed by atoms with Gasteiger partial charge in [0.25, 0.3) is 0 Å². The van der Waals surface area contributed by atoms with Gasteiger partial charge in [-0.3, -0.25) is 9.88 Å². The smallest absolute Gasteiger partial charge is 0.174 e. The maximum Gasteiger partial charge on any atom is 0.174 e. The lowest BCUT2D eigenvalue weighted by atomic mass is 10.1. The Bertz CT molecular complexity index is 472. The van der Waals surface area contributed by atoms with E-state index in [1.807, 2.05) is 36.4 Å². The van der Waals surface area contributed by atoms with Gasteiger partial charge < -0.3 is 0 Å². The third-order valence-corrected chi connectivity index (χ3v) is 3.40. The maximum absolute atomic E-state index is 11.2. The Hall–Kier alpha value is -1.50. The van der Waals surface area contributed by atoms with E-state index in [2.05, 4.69) is 29.6 Å². The maximum atomic E-state index is 11.2. The summed E-state index contributed by atoms with van der Waals surface area (Å²) in [6, 6.07) is 20.3. The van der Waals surface area contributed by atoms with Crippen LogP contribution in [0.15, 0.2) is 60.7 Å². The summed E-state index contributed by atoms with van der Waals surface area (Å²) < 4.78 is 11.2. The predicted molar refractivity (Wildman–Crippen MR) is 74.8 cm³/mol. The van der Waals surface area contributed by atoms with Crippen molar-refractivity contribution in [1.29, 1.82) is 0 Å². The Kier molecular flexibility index (Phi) is 5.07. The van der Waals surface area contributed by atoms with Gasteiger partial charge in [0.05, 0.1) is 5.78 Å². The summed E-state index contributed by atoms with van der Waals surface area (Å²) in [5.74, 6) is -0.0346. The van der Waals surface area contributed by atoms with Gasteiger partial charge in [0.2, 0.25) is 0 Å². The van der Waals surface area contributed by atoms with Crippen LogP contribution in [-0.2, 0) is 17.5 Å². The quantitative estimate of drug-likeness (QED) is 0.800. The van der Waals surface area contributed by atoms with Gasteiger partial charge in [-0.2, -0.15) is 0 Å². The second-order valence-corrected chi connectivity index (χ2v) is 5.01. The first kappa shape index (κ1) is 12.9. The average molecular weight is 257 g/mol. The average Bonchev–Trinajstić information content (AvgIpc) is 2.45. The molecule has 0 saturated heterocycles. The molecule has 0 heterocycles. The van der Waals surface area contributed by atoms with Crippen LogP contribution in [0.4, 0.5) is 0 Å². The van der Waals surface area contributed by atoms with Gasteiger partial charge in [-0.05, 0) is 17.5 Å². The molecule has 0 radical (unpaired) electrons. The molecule has 0 amide bonds. The van der Waals surface area contributed by atoms with E-state index in [1.165, 1.54) is 11.1 Å². The van der Waals surface area contributed by atoms with E-state index >= 15 is 0 Å². The minimum absolute atomic E-state index is 0.0346. The van der Waals surface area contributed by atoms with E-state index in [-0.39, 0.29) is 14.2 Å². The van der Waals surface area contributed by atoms with E-state index in [9.17, 15) is 4.57 Å². The van der Waals surface area contributed by atoms with Crippen LogP contribution in [0, 0.1) is 0 Å². The SMILES string of the molecule is O=PC(Cc1ccccc1)NCc1ccccc1. The normalized spacial score (nSPS) is 12.4. The van der Waals surface area contributed by atoms with Crippen LogP contribution < -0.4 is 5.32 Å². The van der Waals surface area contributed by atoms with Gasteiger partial charge in [-0.15, -0.1) is 0 Å². The molecule has 0 aromatic heterocycles. The number of benzene rings is 2. The standard InChI is InChI=1S/C15H16NOP/c17-18-15(11-13-7-3-1-4-8-13)16-12-14-9-5-2-6-10-14/h1-10,15-16H,11-12H2. The molecule has 0 aliphatic rings. The first-order valence-electron chi connectivity index (χ1n) is 6.02.